The molecule has 0 rings (SSSR count). The molecule has 0 bridgehead atoms. The number of aliphatic hydroxyl groups is 1. The molecular formula is C5H11NOS2. The Kier molecular flexibility index (Phi) is 3.46. The van der Waals surface area contributed by atoms with Crippen molar-refractivity contribution in [1.82, 2.24) is 5.32 Å². The van der Waals surface area contributed by atoms with Gasteiger partial charge in [-0.15, -0.1) is 12.6 Å². The molecule has 0 saturated heterocycles. The largest absolute Gasteiger partial charge is 0.394 e. The Hall–Kier alpha value is 0.200. The van der Waals surface area contributed by atoms with Crippen LogP contribution < -0.4 is 5.32 Å². The number of thiol groups is 1. The maximum absolute atomic E-state index is 8.69. The van der Waals surface area contributed by atoms with Gasteiger partial charge in [-0.05, 0) is 13.8 Å². The van der Waals surface area contributed by atoms with Gasteiger partial charge in [-0.2, -0.15) is 0 Å². The van der Waals surface area contributed by atoms with E-state index in [1.165, 1.54) is 0 Å². The van der Waals surface area contributed by atoms with Crippen molar-refractivity contribution in [3.63, 3.8) is 0 Å². The van der Waals surface area contributed by atoms with Crippen molar-refractivity contribution in [2.75, 3.05) is 6.61 Å². The monoisotopic (exact) mass is 165 g/mol. The third kappa shape index (κ3) is 4.69. The standard InChI is InChI=1S/C5H11NOS2/c1-5(2,3-7)6-4(8)9/h7H,3H2,1-2H3,(H2,6,8,9). The van der Waals surface area contributed by atoms with Crippen molar-refractivity contribution >= 4 is 29.2 Å². The van der Waals surface area contributed by atoms with Crippen molar-refractivity contribution in [3.05, 3.63) is 0 Å². The Balaban J connectivity index is 3.71. The minimum absolute atomic E-state index is 0.0493. The highest BCUT2D eigenvalue weighted by molar-refractivity contribution is 8.11. The summed E-state index contributed by atoms with van der Waals surface area (Å²) in [6.45, 7) is 3.73. The second-order valence-electron chi connectivity index (χ2n) is 2.47. The van der Waals surface area contributed by atoms with E-state index >= 15 is 0 Å². The van der Waals surface area contributed by atoms with Crippen molar-refractivity contribution in [3.8, 4) is 0 Å². The van der Waals surface area contributed by atoms with E-state index in [2.05, 4.69) is 30.2 Å². The van der Waals surface area contributed by atoms with Gasteiger partial charge in [0.25, 0.3) is 0 Å². The fraction of sp³-hybridized carbons (Fsp3) is 0.800. The van der Waals surface area contributed by atoms with Crippen molar-refractivity contribution in [2.45, 2.75) is 19.4 Å². The summed E-state index contributed by atoms with van der Waals surface area (Å²) in [5, 5.41) is 11.5. The number of hydrogen-bond acceptors (Lipinski definition) is 2. The molecule has 4 heteroatoms. The van der Waals surface area contributed by atoms with Gasteiger partial charge in [-0.1, -0.05) is 12.2 Å². The van der Waals surface area contributed by atoms with E-state index in [9.17, 15) is 0 Å². The molecule has 0 fully saturated rings. The van der Waals surface area contributed by atoms with Crippen LogP contribution >= 0.6 is 24.8 Å². The molecule has 0 aliphatic heterocycles. The molecule has 0 saturated carbocycles. The number of nitrogens with one attached hydrogen (secondary N) is 1. The maximum atomic E-state index is 8.69. The zero-order valence-corrected chi connectivity index (χ0v) is 7.22. The van der Waals surface area contributed by atoms with Crippen LogP contribution in [0.4, 0.5) is 0 Å². The maximum Gasteiger partial charge on any atom is 0.131 e. The molecule has 0 heterocycles. The average Bonchev–Trinajstić information content (AvgIpc) is 1.63. The van der Waals surface area contributed by atoms with Gasteiger partial charge in [0.1, 0.15) is 4.32 Å². The van der Waals surface area contributed by atoms with Crippen LogP contribution in [0.1, 0.15) is 13.8 Å². The minimum Gasteiger partial charge on any atom is -0.394 e. The highest BCUT2D eigenvalue weighted by Crippen LogP contribution is 2.00. The lowest BCUT2D eigenvalue weighted by Crippen LogP contribution is -2.43. The topological polar surface area (TPSA) is 32.3 Å². The van der Waals surface area contributed by atoms with Crippen molar-refractivity contribution < 1.29 is 5.11 Å². The van der Waals surface area contributed by atoms with E-state index in [1.807, 2.05) is 13.8 Å². The van der Waals surface area contributed by atoms with E-state index in [1.54, 1.807) is 0 Å². The number of rotatable bonds is 2. The quantitative estimate of drug-likeness (QED) is 0.413. The van der Waals surface area contributed by atoms with E-state index in [-0.39, 0.29) is 12.1 Å². The Morgan fingerprint density at radius 1 is 1.78 bits per heavy atom. The molecule has 0 aromatic heterocycles. The summed E-state index contributed by atoms with van der Waals surface area (Å²) in [6.07, 6.45) is 0. The molecule has 0 unspecified atom stereocenters. The molecule has 0 spiro atoms. The van der Waals surface area contributed by atoms with Gasteiger partial charge in [0.15, 0.2) is 0 Å². The molecule has 0 aliphatic carbocycles. The first kappa shape index (κ1) is 9.20. The van der Waals surface area contributed by atoms with Gasteiger partial charge < -0.3 is 10.4 Å². The smallest absolute Gasteiger partial charge is 0.131 e. The van der Waals surface area contributed by atoms with E-state index < -0.39 is 0 Å². The highest BCUT2D eigenvalue weighted by Gasteiger charge is 2.14. The zero-order chi connectivity index (χ0) is 7.49. The Morgan fingerprint density at radius 3 is 2.33 bits per heavy atom. The molecule has 0 aromatic rings. The first-order valence-corrected chi connectivity index (χ1v) is 3.45. The average molecular weight is 165 g/mol. The number of thiocarbonyl (C=S) groups is 1. The predicted molar refractivity (Wildman–Crippen MR) is 45.9 cm³/mol. The van der Waals surface area contributed by atoms with E-state index in [4.69, 9.17) is 5.11 Å². The predicted octanol–water partition coefficient (Wildman–Crippen LogP) is 0.562. The summed E-state index contributed by atoms with van der Waals surface area (Å²) in [5.74, 6) is 0. The van der Waals surface area contributed by atoms with Crippen molar-refractivity contribution in [2.24, 2.45) is 0 Å². The molecule has 2 nitrogen and oxygen atoms in total. The first-order chi connectivity index (χ1) is 3.98. The van der Waals surface area contributed by atoms with Crippen LogP contribution in [0.5, 0.6) is 0 Å². The molecule has 0 radical (unpaired) electrons. The Bertz CT molecular complexity index is 114. The molecule has 0 aliphatic rings. The molecule has 0 aromatic carbocycles. The van der Waals surface area contributed by atoms with Crippen LogP contribution in [0.2, 0.25) is 0 Å². The normalized spacial score (nSPS) is 11.1. The minimum atomic E-state index is -0.348. The van der Waals surface area contributed by atoms with Gasteiger partial charge in [-0.3, -0.25) is 0 Å². The molecule has 54 valence electrons. The van der Waals surface area contributed by atoms with Crippen LogP contribution in [0.3, 0.4) is 0 Å². The lowest BCUT2D eigenvalue weighted by Gasteiger charge is -2.22. The zero-order valence-electron chi connectivity index (χ0n) is 5.51. The molecular weight excluding hydrogens is 154 g/mol. The second kappa shape index (κ2) is 3.39. The van der Waals surface area contributed by atoms with E-state index in [0.29, 0.717) is 4.32 Å². The third-order valence-corrected chi connectivity index (χ3v) is 1.05. The SMILES string of the molecule is CC(C)(CO)NC(=S)S. The molecule has 9 heavy (non-hydrogen) atoms. The summed E-state index contributed by atoms with van der Waals surface area (Å²) in [5.41, 5.74) is -0.348. The molecule has 0 amide bonds. The van der Waals surface area contributed by atoms with Crippen LogP contribution in [-0.2, 0) is 0 Å². The van der Waals surface area contributed by atoms with Gasteiger partial charge >= 0.3 is 0 Å². The summed E-state index contributed by atoms with van der Waals surface area (Å²) in [6, 6.07) is 0. The van der Waals surface area contributed by atoms with Gasteiger partial charge in [0.2, 0.25) is 0 Å². The number of hydrogen-bond donors (Lipinski definition) is 3. The van der Waals surface area contributed by atoms with Crippen LogP contribution in [0, 0.1) is 0 Å². The Morgan fingerprint density at radius 2 is 2.22 bits per heavy atom. The highest BCUT2D eigenvalue weighted by atomic mass is 32.1. The summed E-state index contributed by atoms with van der Waals surface area (Å²) in [7, 11) is 0. The third-order valence-electron chi connectivity index (χ3n) is 0.841. The van der Waals surface area contributed by atoms with E-state index in [0.717, 1.165) is 0 Å². The fourth-order valence-electron chi connectivity index (χ4n) is 0.329. The lowest BCUT2D eigenvalue weighted by atomic mass is 10.1. The first-order valence-electron chi connectivity index (χ1n) is 2.60. The van der Waals surface area contributed by atoms with Gasteiger partial charge in [0.05, 0.1) is 12.1 Å². The lowest BCUT2D eigenvalue weighted by molar-refractivity contribution is 0.207. The number of aliphatic hydroxyl groups excluding tert-OH is 1. The van der Waals surface area contributed by atoms with Crippen LogP contribution in [-0.4, -0.2) is 21.6 Å². The second-order valence-corrected chi connectivity index (χ2v) is 3.63. The molecule has 0 atom stereocenters. The fourth-order valence-corrected chi connectivity index (χ4v) is 0.908. The summed E-state index contributed by atoms with van der Waals surface area (Å²) >= 11 is 8.51. The van der Waals surface area contributed by atoms with Gasteiger partial charge in [-0.25, -0.2) is 0 Å². The van der Waals surface area contributed by atoms with Crippen molar-refractivity contribution in [1.29, 1.82) is 0 Å². The Labute approximate surface area is 66.1 Å². The van der Waals surface area contributed by atoms with Gasteiger partial charge in [0, 0.05) is 0 Å². The van der Waals surface area contributed by atoms with Crippen LogP contribution in [0.15, 0.2) is 0 Å². The van der Waals surface area contributed by atoms with Crippen LogP contribution in [0.25, 0.3) is 0 Å². The molecule has 2 N–H and O–H groups in total. The summed E-state index contributed by atoms with van der Waals surface area (Å²) in [4.78, 5) is 0. The summed E-state index contributed by atoms with van der Waals surface area (Å²) < 4.78 is 0.411.